The zero-order valence-corrected chi connectivity index (χ0v) is 18.7. The van der Waals surface area contributed by atoms with Gasteiger partial charge in [-0.25, -0.2) is 9.78 Å². The van der Waals surface area contributed by atoms with Crippen LogP contribution in [0.4, 0.5) is 11.5 Å². The van der Waals surface area contributed by atoms with Crippen LogP contribution in [0.2, 0.25) is 10.0 Å². The Kier molecular flexibility index (Phi) is 6.66. The van der Waals surface area contributed by atoms with Crippen LogP contribution < -0.4 is 5.32 Å². The fraction of sp³-hybridized carbons (Fsp3) is 0.0909. The molecule has 0 aliphatic rings. The predicted octanol–water partition coefficient (Wildman–Crippen LogP) is 5.27. The Morgan fingerprint density at radius 3 is 2.69 bits per heavy atom. The first kappa shape index (κ1) is 22.2. The van der Waals surface area contributed by atoms with Gasteiger partial charge in [-0.2, -0.15) is 4.37 Å². The van der Waals surface area contributed by atoms with Gasteiger partial charge in [0.1, 0.15) is 11.2 Å². The summed E-state index contributed by atoms with van der Waals surface area (Å²) in [6.45, 7) is -0.630. The molecule has 2 aromatic heterocycles. The number of benzene rings is 2. The van der Waals surface area contributed by atoms with Gasteiger partial charge in [-0.05, 0) is 29.2 Å². The van der Waals surface area contributed by atoms with Crippen LogP contribution in [-0.2, 0) is 4.79 Å². The first-order valence-electron chi connectivity index (χ1n) is 9.41. The minimum Gasteiger partial charge on any atom is -0.480 e. The number of aliphatic imine (C=N–C) groups is 1. The maximum absolute atomic E-state index is 11.1. The van der Waals surface area contributed by atoms with E-state index in [0.717, 1.165) is 15.8 Å². The second-order valence-electron chi connectivity index (χ2n) is 6.71. The lowest BCUT2D eigenvalue weighted by Crippen LogP contribution is -2.22. The smallest absolute Gasteiger partial charge is 0.330 e. The summed E-state index contributed by atoms with van der Waals surface area (Å²) in [7, 11) is 0. The molecule has 3 N–H and O–H groups in total. The molecular weight excluding hydrogens is 471 g/mol. The third-order valence-corrected chi connectivity index (χ3v) is 6.09. The van der Waals surface area contributed by atoms with Gasteiger partial charge < -0.3 is 15.5 Å². The van der Waals surface area contributed by atoms with Gasteiger partial charge in [-0.3, -0.25) is 4.99 Å². The number of aromatic nitrogens is 2. The third-order valence-electron chi connectivity index (χ3n) is 4.60. The van der Waals surface area contributed by atoms with E-state index in [9.17, 15) is 4.79 Å². The van der Waals surface area contributed by atoms with Gasteiger partial charge in [-0.1, -0.05) is 65.7 Å². The van der Waals surface area contributed by atoms with Gasteiger partial charge in [0.2, 0.25) is 0 Å². The van der Waals surface area contributed by atoms with E-state index < -0.39 is 18.6 Å². The van der Waals surface area contributed by atoms with Gasteiger partial charge in [0.15, 0.2) is 11.9 Å². The number of rotatable bonds is 7. The molecule has 162 valence electrons. The van der Waals surface area contributed by atoms with Crippen LogP contribution in [0.15, 0.2) is 59.6 Å². The highest BCUT2D eigenvalue weighted by Crippen LogP contribution is 2.37. The predicted molar refractivity (Wildman–Crippen MR) is 129 cm³/mol. The summed E-state index contributed by atoms with van der Waals surface area (Å²) in [6, 6.07) is 15.9. The van der Waals surface area contributed by atoms with Gasteiger partial charge in [0, 0.05) is 11.8 Å². The van der Waals surface area contributed by atoms with Crippen molar-refractivity contribution in [2.45, 2.75) is 6.04 Å². The van der Waals surface area contributed by atoms with Gasteiger partial charge >= 0.3 is 5.97 Å². The molecular formula is C22H16Cl2N4O3S. The number of aliphatic carboxylic acids is 1. The second kappa shape index (κ2) is 9.62. The molecule has 10 heteroatoms. The number of halogens is 2. The maximum Gasteiger partial charge on any atom is 0.330 e. The average molecular weight is 487 g/mol. The van der Waals surface area contributed by atoms with Crippen molar-refractivity contribution in [3.8, 4) is 11.1 Å². The molecule has 0 saturated heterocycles. The lowest BCUT2D eigenvalue weighted by Gasteiger charge is -2.11. The molecule has 1 atom stereocenters. The lowest BCUT2D eigenvalue weighted by atomic mass is 10.1. The van der Waals surface area contributed by atoms with Crippen molar-refractivity contribution in [1.29, 1.82) is 0 Å². The number of nitrogens with zero attached hydrogens (tertiary/aromatic N) is 3. The van der Waals surface area contributed by atoms with E-state index >= 15 is 0 Å². The number of carboxylic acid groups (broad SMARTS) is 1. The molecule has 2 heterocycles. The topological polar surface area (TPSA) is 108 Å². The minimum absolute atomic E-state index is 0.270. The Labute approximate surface area is 197 Å². The van der Waals surface area contributed by atoms with Gasteiger partial charge in [0.25, 0.3) is 0 Å². The van der Waals surface area contributed by atoms with Crippen molar-refractivity contribution in [3.63, 3.8) is 0 Å². The number of aliphatic hydroxyl groups excluding tert-OH is 1. The van der Waals surface area contributed by atoms with Crippen LogP contribution in [0.1, 0.15) is 5.69 Å². The molecule has 0 bridgehead atoms. The number of carboxylic acids is 1. The summed E-state index contributed by atoms with van der Waals surface area (Å²) >= 11 is 14.2. The quantitative estimate of drug-likeness (QED) is 0.307. The third kappa shape index (κ3) is 4.58. The number of hydrogen-bond donors (Lipinski definition) is 3. The van der Waals surface area contributed by atoms with E-state index in [2.05, 4.69) is 19.7 Å². The molecule has 32 heavy (non-hydrogen) atoms. The zero-order valence-electron chi connectivity index (χ0n) is 16.4. The summed E-state index contributed by atoms with van der Waals surface area (Å²) in [5.74, 6) is -0.756. The largest absolute Gasteiger partial charge is 0.480 e. The molecule has 0 aliphatic heterocycles. The Morgan fingerprint density at radius 1 is 1.19 bits per heavy atom. The van der Waals surface area contributed by atoms with E-state index in [-0.39, 0.29) is 5.69 Å². The van der Waals surface area contributed by atoms with Crippen molar-refractivity contribution in [1.82, 2.24) is 9.36 Å². The van der Waals surface area contributed by atoms with E-state index in [0.29, 0.717) is 27.1 Å². The Balaban J connectivity index is 1.69. The number of hydrogen-bond acceptors (Lipinski definition) is 7. The minimum atomic E-state index is -1.29. The van der Waals surface area contributed by atoms with Crippen LogP contribution in [0.25, 0.3) is 21.3 Å². The molecule has 7 nitrogen and oxygen atoms in total. The average Bonchev–Trinajstić information content (AvgIpc) is 3.17. The molecule has 0 amide bonds. The Hall–Kier alpha value is -3.04. The summed E-state index contributed by atoms with van der Waals surface area (Å²) in [6.07, 6.45) is 1.24. The molecule has 2 aromatic carbocycles. The number of fused-ring (bicyclic) bond motifs is 1. The molecule has 0 saturated carbocycles. The molecule has 4 aromatic rings. The number of nitrogens with one attached hydrogen (secondary N) is 1. The van der Waals surface area contributed by atoms with E-state index in [4.69, 9.17) is 33.4 Å². The SMILES string of the molecule is O=C(O)[C@H](CO)N=Cc1nc2c(Nc3cccc(-c4ccccc4)c3Cl)nsc2cc1Cl. The number of carbonyl (C=O) groups is 1. The molecule has 0 fully saturated rings. The summed E-state index contributed by atoms with van der Waals surface area (Å²) in [5, 5.41) is 22.3. The van der Waals surface area contributed by atoms with Crippen LogP contribution in [0, 0.1) is 0 Å². The van der Waals surface area contributed by atoms with E-state index in [1.165, 1.54) is 17.7 Å². The lowest BCUT2D eigenvalue weighted by molar-refractivity contribution is -0.139. The highest BCUT2D eigenvalue weighted by Gasteiger charge is 2.16. The standard InChI is InChI=1S/C22H16Cl2N4O3S/c23-14-9-18-20(26-16(14)10-25-17(11-29)22(30)31)21(28-32-18)27-15-8-4-7-13(19(15)24)12-5-2-1-3-6-12/h1-10,17,29H,11H2,(H,27,28)(H,30,31)/t17-/m0/s1. The van der Waals surface area contributed by atoms with Crippen LogP contribution in [0.5, 0.6) is 0 Å². The van der Waals surface area contributed by atoms with Crippen LogP contribution in [-0.4, -0.2) is 44.4 Å². The monoisotopic (exact) mass is 486 g/mol. The molecule has 0 aliphatic carbocycles. The van der Waals surface area contributed by atoms with Crippen molar-refractivity contribution in [3.05, 3.63) is 70.3 Å². The first-order chi connectivity index (χ1) is 15.5. The molecule has 0 radical (unpaired) electrons. The van der Waals surface area contributed by atoms with E-state index in [1.807, 2.05) is 48.5 Å². The van der Waals surface area contributed by atoms with Gasteiger partial charge in [0.05, 0.1) is 27.0 Å². The number of pyridine rings is 1. The van der Waals surface area contributed by atoms with Gasteiger partial charge in [-0.15, -0.1) is 0 Å². The number of aliphatic hydroxyl groups is 1. The van der Waals surface area contributed by atoms with Crippen molar-refractivity contribution < 1.29 is 15.0 Å². The fourth-order valence-corrected chi connectivity index (χ4v) is 4.25. The second-order valence-corrected chi connectivity index (χ2v) is 8.30. The van der Waals surface area contributed by atoms with E-state index in [1.54, 1.807) is 6.07 Å². The van der Waals surface area contributed by atoms with Crippen molar-refractivity contribution >= 4 is 68.6 Å². The number of anilines is 2. The normalized spacial score (nSPS) is 12.3. The fourth-order valence-electron chi connectivity index (χ4n) is 2.98. The highest BCUT2D eigenvalue weighted by atomic mass is 35.5. The molecule has 0 unspecified atom stereocenters. The Bertz CT molecular complexity index is 1310. The van der Waals surface area contributed by atoms with Crippen LogP contribution >= 0.6 is 34.7 Å². The van der Waals surface area contributed by atoms with Crippen molar-refractivity contribution in [2.75, 3.05) is 11.9 Å². The molecule has 0 spiro atoms. The first-order valence-corrected chi connectivity index (χ1v) is 10.9. The maximum atomic E-state index is 11.1. The molecule has 4 rings (SSSR count). The Morgan fingerprint density at radius 2 is 1.97 bits per heavy atom. The zero-order chi connectivity index (χ0) is 22.7. The summed E-state index contributed by atoms with van der Waals surface area (Å²) < 4.78 is 5.17. The van der Waals surface area contributed by atoms with Crippen molar-refractivity contribution in [2.24, 2.45) is 4.99 Å². The summed E-state index contributed by atoms with van der Waals surface area (Å²) in [4.78, 5) is 19.4. The van der Waals surface area contributed by atoms with Crippen LogP contribution in [0.3, 0.4) is 0 Å². The summed E-state index contributed by atoms with van der Waals surface area (Å²) in [5.41, 5.74) is 3.34. The highest BCUT2D eigenvalue weighted by molar-refractivity contribution is 7.13.